The zero-order chi connectivity index (χ0) is 14.3. The third-order valence-corrected chi connectivity index (χ3v) is 2.05. The van der Waals surface area contributed by atoms with Gasteiger partial charge < -0.3 is 24.8 Å². The van der Waals surface area contributed by atoms with Gasteiger partial charge in [0.05, 0.1) is 33.0 Å². The second-order valence-corrected chi connectivity index (χ2v) is 3.58. The van der Waals surface area contributed by atoms with Crippen LogP contribution in [0.1, 0.15) is 20.3 Å². The molecule has 0 saturated carbocycles. The lowest BCUT2D eigenvalue weighted by Crippen LogP contribution is -2.28. The van der Waals surface area contributed by atoms with Crippen molar-refractivity contribution in [1.82, 2.24) is 10.6 Å². The van der Waals surface area contributed by atoms with Crippen LogP contribution in [0, 0.1) is 0 Å². The fourth-order valence-corrected chi connectivity index (χ4v) is 1.12. The molecule has 7 heteroatoms. The molecule has 0 atom stereocenters. The highest BCUT2D eigenvalue weighted by Gasteiger charge is 1.98. The number of hydrogen-bond donors (Lipinski definition) is 2. The molecule has 0 aliphatic rings. The number of nitrogens with one attached hydrogen (secondary N) is 2. The van der Waals surface area contributed by atoms with E-state index in [9.17, 15) is 9.59 Å². The van der Waals surface area contributed by atoms with Gasteiger partial charge in [-0.3, -0.25) is 4.79 Å². The van der Waals surface area contributed by atoms with Crippen molar-refractivity contribution in [2.75, 3.05) is 46.1 Å². The molecule has 0 aromatic heterocycles. The first-order valence-electron chi connectivity index (χ1n) is 6.53. The minimum atomic E-state index is -0.436. The Labute approximate surface area is 114 Å². The first-order chi connectivity index (χ1) is 9.20. The Morgan fingerprint density at radius 2 is 1.47 bits per heavy atom. The lowest BCUT2D eigenvalue weighted by atomic mass is 10.4. The molecule has 0 radical (unpaired) electrons. The van der Waals surface area contributed by atoms with Crippen LogP contribution in [0.5, 0.6) is 0 Å². The zero-order valence-corrected chi connectivity index (χ0v) is 11.7. The van der Waals surface area contributed by atoms with Crippen molar-refractivity contribution >= 4 is 12.0 Å². The standard InChI is InChI=1S/C12H24N2O5/c1-3-11(15)13-5-7-17-9-10-18-8-6-14-12(16)19-4-2/h3-10H2,1-2H3,(H,13,15)(H,14,16). The highest BCUT2D eigenvalue weighted by atomic mass is 16.5. The summed E-state index contributed by atoms with van der Waals surface area (Å²) >= 11 is 0. The van der Waals surface area contributed by atoms with E-state index in [1.54, 1.807) is 13.8 Å². The summed E-state index contributed by atoms with van der Waals surface area (Å²) in [7, 11) is 0. The van der Waals surface area contributed by atoms with Crippen LogP contribution in [-0.2, 0) is 19.0 Å². The van der Waals surface area contributed by atoms with Crippen LogP contribution >= 0.6 is 0 Å². The molecule has 0 aromatic carbocycles. The third-order valence-electron chi connectivity index (χ3n) is 2.05. The molecular weight excluding hydrogens is 252 g/mol. The summed E-state index contributed by atoms with van der Waals surface area (Å²) in [5.41, 5.74) is 0. The minimum Gasteiger partial charge on any atom is -0.450 e. The number of amides is 2. The Hall–Kier alpha value is -1.34. The summed E-state index contributed by atoms with van der Waals surface area (Å²) in [5.74, 6) is 0.0184. The molecule has 112 valence electrons. The fraction of sp³-hybridized carbons (Fsp3) is 0.833. The minimum absolute atomic E-state index is 0.0184. The van der Waals surface area contributed by atoms with Crippen LogP contribution in [0.25, 0.3) is 0 Å². The predicted octanol–water partition coefficient (Wildman–Crippen LogP) is 0.292. The van der Waals surface area contributed by atoms with E-state index in [-0.39, 0.29) is 5.91 Å². The lowest BCUT2D eigenvalue weighted by molar-refractivity contribution is -0.121. The average Bonchev–Trinajstić information content (AvgIpc) is 2.40. The second kappa shape index (κ2) is 13.1. The van der Waals surface area contributed by atoms with E-state index in [2.05, 4.69) is 15.4 Å². The molecule has 0 aliphatic heterocycles. The topological polar surface area (TPSA) is 85.9 Å². The monoisotopic (exact) mass is 276 g/mol. The van der Waals surface area contributed by atoms with E-state index in [0.717, 1.165) is 0 Å². The van der Waals surface area contributed by atoms with Gasteiger partial charge in [-0.2, -0.15) is 0 Å². The van der Waals surface area contributed by atoms with Crippen LogP contribution in [0.2, 0.25) is 0 Å². The van der Waals surface area contributed by atoms with Gasteiger partial charge in [0.25, 0.3) is 0 Å². The molecule has 0 heterocycles. The van der Waals surface area contributed by atoms with Crippen molar-refractivity contribution in [3.05, 3.63) is 0 Å². The van der Waals surface area contributed by atoms with Crippen LogP contribution in [0.15, 0.2) is 0 Å². The molecule has 0 aliphatic carbocycles. The summed E-state index contributed by atoms with van der Waals surface area (Å²) in [6.07, 6.45) is 0.0466. The molecule has 7 nitrogen and oxygen atoms in total. The van der Waals surface area contributed by atoms with Crippen LogP contribution < -0.4 is 10.6 Å². The number of ether oxygens (including phenoxy) is 3. The quantitative estimate of drug-likeness (QED) is 0.530. The van der Waals surface area contributed by atoms with Gasteiger partial charge in [-0.15, -0.1) is 0 Å². The molecule has 0 rings (SSSR count). The molecule has 0 unspecified atom stereocenters. The van der Waals surface area contributed by atoms with Gasteiger partial charge in [0.2, 0.25) is 5.91 Å². The van der Waals surface area contributed by atoms with Gasteiger partial charge in [0, 0.05) is 19.5 Å². The van der Waals surface area contributed by atoms with Crippen molar-refractivity contribution in [2.24, 2.45) is 0 Å². The highest BCUT2D eigenvalue weighted by molar-refractivity contribution is 5.75. The molecule has 19 heavy (non-hydrogen) atoms. The van der Waals surface area contributed by atoms with Gasteiger partial charge in [-0.05, 0) is 6.92 Å². The van der Waals surface area contributed by atoms with Crippen LogP contribution in [0.3, 0.4) is 0 Å². The number of carbonyl (C=O) groups is 2. The van der Waals surface area contributed by atoms with Crippen molar-refractivity contribution in [2.45, 2.75) is 20.3 Å². The molecule has 2 amide bonds. The summed E-state index contributed by atoms with van der Waals surface area (Å²) in [5, 5.41) is 5.24. The van der Waals surface area contributed by atoms with Gasteiger partial charge in [0.15, 0.2) is 0 Å². The SMILES string of the molecule is CCOC(=O)NCCOCCOCCNC(=O)CC. The second-order valence-electron chi connectivity index (χ2n) is 3.58. The molecule has 2 N–H and O–H groups in total. The third kappa shape index (κ3) is 12.9. The van der Waals surface area contributed by atoms with Gasteiger partial charge in [-0.1, -0.05) is 6.92 Å². The van der Waals surface area contributed by atoms with E-state index < -0.39 is 6.09 Å². The van der Waals surface area contributed by atoms with E-state index in [0.29, 0.717) is 52.5 Å². The fourth-order valence-electron chi connectivity index (χ4n) is 1.12. The van der Waals surface area contributed by atoms with Crippen molar-refractivity contribution in [3.63, 3.8) is 0 Å². The Balaban J connectivity index is 3.11. The summed E-state index contributed by atoms with van der Waals surface area (Å²) in [4.78, 5) is 21.8. The summed E-state index contributed by atoms with van der Waals surface area (Å²) in [6.45, 7) is 6.61. The molecule has 0 spiro atoms. The Kier molecular flexibility index (Phi) is 12.2. The lowest BCUT2D eigenvalue weighted by Gasteiger charge is -2.07. The van der Waals surface area contributed by atoms with E-state index in [1.807, 2.05) is 0 Å². The van der Waals surface area contributed by atoms with E-state index >= 15 is 0 Å². The normalized spacial score (nSPS) is 10.0. The Morgan fingerprint density at radius 1 is 0.895 bits per heavy atom. The molecular formula is C12H24N2O5. The zero-order valence-electron chi connectivity index (χ0n) is 11.7. The van der Waals surface area contributed by atoms with Crippen LogP contribution in [-0.4, -0.2) is 58.1 Å². The first kappa shape index (κ1) is 17.7. The van der Waals surface area contributed by atoms with E-state index in [1.165, 1.54) is 0 Å². The van der Waals surface area contributed by atoms with Crippen LogP contribution in [0.4, 0.5) is 4.79 Å². The van der Waals surface area contributed by atoms with Gasteiger partial charge >= 0.3 is 6.09 Å². The van der Waals surface area contributed by atoms with Crippen molar-refractivity contribution in [3.8, 4) is 0 Å². The molecule has 0 saturated heterocycles. The number of carbonyl (C=O) groups excluding carboxylic acids is 2. The largest absolute Gasteiger partial charge is 0.450 e. The van der Waals surface area contributed by atoms with E-state index in [4.69, 9.17) is 9.47 Å². The Morgan fingerprint density at radius 3 is 2.00 bits per heavy atom. The smallest absolute Gasteiger partial charge is 0.407 e. The maximum Gasteiger partial charge on any atom is 0.407 e. The number of alkyl carbamates (subject to hydrolysis) is 1. The maximum atomic E-state index is 10.9. The Bertz CT molecular complexity index is 248. The highest BCUT2D eigenvalue weighted by Crippen LogP contribution is 1.80. The van der Waals surface area contributed by atoms with Gasteiger partial charge in [-0.25, -0.2) is 4.79 Å². The molecule has 0 bridgehead atoms. The molecule has 0 aromatic rings. The predicted molar refractivity (Wildman–Crippen MR) is 70.0 cm³/mol. The van der Waals surface area contributed by atoms with Gasteiger partial charge in [0.1, 0.15) is 0 Å². The van der Waals surface area contributed by atoms with Crippen molar-refractivity contribution in [1.29, 1.82) is 0 Å². The number of hydrogen-bond acceptors (Lipinski definition) is 5. The number of rotatable bonds is 11. The summed E-state index contributed by atoms with van der Waals surface area (Å²) in [6, 6.07) is 0. The first-order valence-corrected chi connectivity index (χ1v) is 6.53. The van der Waals surface area contributed by atoms with Crippen molar-refractivity contribution < 1.29 is 23.8 Å². The maximum absolute atomic E-state index is 10.9. The molecule has 0 fully saturated rings. The summed E-state index contributed by atoms with van der Waals surface area (Å²) < 4.78 is 15.1. The average molecular weight is 276 g/mol.